The smallest absolute Gasteiger partial charge is 0.323 e. The molecule has 1 N–H and O–H groups in total. The summed E-state index contributed by atoms with van der Waals surface area (Å²) < 4.78 is 5.76. The molecule has 1 saturated heterocycles. The monoisotopic (exact) mass is 277 g/mol. The van der Waals surface area contributed by atoms with Crippen molar-refractivity contribution in [2.45, 2.75) is 18.9 Å². The Kier molecular flexibility index (Phi) is 4.74. The highest BCUT2D eigenvalue weighted by atomic mass is 16.5. The molecule has 0 spiro atoms. The summed E-state index contributed by atoms with van der Waals surface area (Å²) in [5.41, 5.74) is 0.967. The largest absolute Gasteiger partial charge is 0.480 e. The highest BCUT2D eigenvalue weighted by Gasteiger charge is 2.35. The number of aliphatic carboxylic acids is 1. The number of hydrogen-bond donors (Lipinski definition) is 1. The fourth-order valence-corrected chi connectivity index (χ4v) is 2.57. The average molecular weight is 277 g/mol. The minimum atomic E-state index is -1.01. The fraction of sp³-hybridized carbons (Fsp3) is 0.467. The number of carboxylic acids is 1. The van der Waals surface area contributed by atoms with Crippen molar-refractivity contribution in [2.24, 2.45) is 5.92 Å². The number of carbonyl (C=O) groups excluding carboxylic acids is 1. The maximum absolute atomic E-state index is 12.4. The molecule has 1 aromatic carbocycles. The zero-order valence-electron chi connectivity index (χ0n) is 11.5. The van der Waals surface area contributed by atoms with Crippen LogP contribution >= 0.6 is 0 Å². The van der Waals surface area contributed by atoms with Crippen LogP contribution < -0.4 is 0 Å². The molecule has 20 heavy (non-hydrogen) atoms. The number of carbonyl (C=O) groups is 2. The van der Waals surface area contributed by atoms with E-state index in [0.29, 0.717) is 6.61 Å². The Labute approximate surface area is 118 Å². The van der Waals surface area contributed by atoms with Gasteiger partial charge >= 0.3 is 5.97 Å². The molecular weight excluding hydrogens is 258 g/mol. The number of benzene rings is 1. The topological polar surface area (TPSA) is 66.8 Å². The summed E-state index contributed by atoms with van der Waals surface area (Å²) in [5.74, 6) is -1.48. The molecule has 0 bridgehead atoms. The van der Waals surface area contributed by atoms with Gasteiger partial charge < -0.3 is 14.7 Å². The minimum absolute atomic E-state index is 0.166. The van der Waals surface area contributed by atoms with E-state index in [9.17, 15) is 9.59 Å². The Bertz CT molecular complexity index is 474. The third-order valence-corrected chi connectivity index (χ3v) is 3.52. The molecule has 5 heteroatoms. The Morgan fingerprint density at radius 3 is 2.70 bits per heavy atom. The standard InChI is InChI=1S/C15H19NO4/c1-16(10-13(17)18)15(19)12-8-5-9-20-14(12)11-6-3-2-4-7-11/h2-4,6-7,12,14H,5,8-10H2,1H3,(H,17,18)/t12-,14+/m1/s1. The van der Waals surface area contributed by atoms with Crippen LogP contribution in [-0.4, -0.2) is 42.1 Å². The Morgan fingerprint density at radius 1 is 1.35 bits per heavy atom. The minimum Gasteiger partial charge on any atom is -0.480 e. The van der Waals surface area contributed by atoms with Crippen LogP contribution in [0.25, 0.3) is 0 Å². The van der Waals surface area contributed by atoms with Gasteiger partial charge in [-0.3, -0.25) is 9.59 Å². The SMILES string of the molecule is CN(CC(=O)O)C(=O)[C@@H]1CCCO[C@H]1c1ccccc1. The molecule has 0 radical (unpaired) electrons. The lowest BCUT2D eigenvalue weighted by Gasteiger charge is -2.33. The number of carboxylic acid groups (broad SMARTS) is 1. The van der Waals surface area contributed by atoms with Crippen LogP contribution in [0.15, 0.2) is 30.3 Å². The van der Waals surface area contributed by atoms with Crippen LogP contribution in [-0.2, 0) is 14.3 Å². The first-order valence-electron chi connectivity index (χ1n) is 6.73. The van der Waals surface area contributed by atoms with Gasteiger partial charge in [-0.05, 0) is 18.4 Å². The highest BCUT2D eigenvalue weighted by Crippen LogP contribution is 2.34. The van der Waals surface area contributed by atoms with Crippen LogP contribution in [0.5, 0.6) is 0 Å². The summed E-state index contributed by atoms with van der Waals surface area (Å²) in [5, 5.41) is 8.79. The van der Waals surface area contributed by atoms with Crippen molar-refractivity contribution in [3.05, 3.63) is 35.9 Å². The van der Waals surface area contributed by atoms with E-state index in [1.165, 1.54) is 11.9 Å². The molecule has 5 nitrogen and oxygen atoms in total. The second-order valence-electron chi connectivity index (χ2n) is 5.04. The van der Waals surface area contributed by atoms with E-state index in [1.807, 2.05) is 30.3 Å². The van der Waals surface area contributed by atoms with E-state index >= 15 is 0 Å². The van der Waals surface area contributed by atoms with E-state index in [-0.39, 0.29) is 24.5 Å². The summed E-state index contributed by atoms with van der Waals surface area (Å²) >= 11 is 0. The number of hydrogen-bond acceptors (Lipinski definition) is 3. The molecule has 2 rings (SSSR count). The Morgan fingerprint density at radius 2 is 2.05 bits per heavy atom. The molecule has 1 aliphatic heterocycles. The van der Waals surface area contributed by atoms with Gasteiger partial charge in [-0.25, -0.2) is 0 Å². The van der Waals surface area contributed by atoms with Crippen molar-refractivity contribution in [3.8, 4) is 0 Å². The first-order chi connectivity index (χ1) is 9.59. The van der Waals surface area contributed by atoms with E-state index in [2.05, 4.69) is 0 Å². The van der Waals surface area contributed by atoms with E-state index in [1.54, 1.807) is 0 Å². The van der Waals surface area contributed by atoms with Crippen LogP contribution in [0.2, 0.25) is 0 Å². The number of rotatable bonds is 4. The zero-order valence-corrected chi connectivity index (χ0v) is 11.5. The quantitative estimate of drug-likeness (QED) is 0.909. The van der Waals surface area contributed by atoms with Crippen LogP contribution in [0, 0.1) is 5.92 Å². The van der Waals surface area contributed by atoms with Crippen molar-refractivity contribution in [1.29, 1.82) is 0 Å². The molecule has 1 heterocycles. The average Bonchev–Trinajstić information content (AvgIpc) is 2.46. The van der Waals surface area contributed by atoms with Gasteiger partial charge in [0.2, 0.25) is 5.91 Å². The summed E-state index contributed by atoms with van der Waals surface area (Å²) in [6.07, 6.45) is 1.26. The number of likely N-dealkylation sites (N-methyl/N-ethyl adjacent to an activating group) is 1. The van der Waals surface area contributed by atoms with E-state index in [4.69, 9.17) is 9.84 Å². The number of nitrogens with zero attached hydrogens (tertiary/aromatic N) is 1. The van der Waals surface area contributed by atoms with Gasteiger partial charge in [-0.15, -0.1) is 0 Å². The maximum Gasteiger partial charge on any atom is 0.323 e. The number of amides is 1. The predicted octanol–water partition coefficient (Wildman–Crippen LogP) is 1.70. The second-order valence-corrected chi connectivity index (χ2v) is 5.04. The molecule has 1 amide bonds. The Balaban J connectivity index is 2.15. The predicted molar refractivity (Wildman–Crippen MR) is 73.1 cm³/mol. The van der Waals surface area contributed by atoms with Crippen molar-refractivity contribution in [2.75, 3.05) is 20.2 Å². The van der Waals surface area contributed by atoms with Gasteiger partial charge in [-0.2, -0.15) is 0 Å². The lowest BCUT2D eigenvalue weighted by atomic mass is 9.88. The molecule has 108 valence electrons. The highest BCUT2D eigenvalue weighted by molar-refractivity contribution is 5.83. The first-order valence-corrected chi connectivity index (χ1v) is 6.73. The number of ether oxygens (including phenoxy) is 1. The van der Waals surface area contributed by atoms with Gasteiger partial charge in [0.25, 0.3) is 0 Å². The van der Waals surface area contributed by atoms with Crippen molar-refractivity contribution in [3.63, 3.8) is 0 Å². The molecule has 1 aliphatic rings. The van der Waals surface area contributed by atoms with E-state index < -0.39 is 5.97 Å². The first kappa shape index (κ1) is 14.5. The third kappa shape index (κ3) is 3.36. The van der Waals surface area contributed by atoms with Gasteiger partial charge in [-0.1, -0.05) is 30.3 Å². The molecule has 0 unspecified atom stereocenters. The normalized spacial score (nSPS) is 22.2. The van der Waals surface area contributed by atoms with Crippen molar-refractivity contribution in [1.82, 2.24) is 4.90 Å². The van der Waals surface area contributed by atoms with Crippen LogP contribution in [0.4, 0.5) is 0 Å². The van der Waals surface area contributed by atoms with Gasteiger partial charge in [0.15, 0.2) is 0 Å². The summed E-state index contributed by atoms with van der Waals surface area (Å²) in [6.45, 7) is 0.350. The van der Waals surface area contributed by atoms with E-state index in [0.717, 1.165) is 18.4 Å². The third-order valence-electron chi connectivity index (χ3n) is 3.52. The van der Waals surface area contributed by atoms with Crippen molar-refractivity contribution < 1.29 is 19.4 Å². The molecule has 2 atom stereocenters. The molecule has 0 aromatic heterocycles. The summed E-state index contributed by atoms with van der Waals surface area (Å²) in [7, 11) is 1.52. The molecule has 1 aromatic rings. The van der Waals surface area contributed by atoms with Crippen LogP contribution in [0.3, 0.4) is 0 Å². The summed E-state index contributed by atoms with van der Waals surface area (Å²) in [6, 6.07) is 9.62. The zero-order chi connectivity index (χ0) is 14.5. The van der Waals surface area contributed by atoms with Gasteiger partial charge in [0, 0.05) is 13.7 Å². The Hall–Kier alpha value is -1.88. The lowest BCUT2D eigenvalue weighted by molar-refractivity contribution is -0.150. The maximum atomic E-state index is 12.4. The second kappa shape index (κ2) is 6.52. The van der Waals surface area contributed by atoms with Gasteiger partial charge in [0.1, 0.15) is 6.54 Å². The molecule has 1 fully saturated rings. The molecule has 0 saturated carbocycles. The molecular formula is C15H19NO4. The lowest BCUT2D eigenvalue weighted by Crippen LogP contribution is -2.41. The van der Waals surface area contributed by atoms with Crippen LogP contribution in [0.1, 0.15) is 24.5 Å². The molecule has 0 aliphatic carbocycles. The fourth-order valence-electron chi connectivity index (χ4n) is 2.57. The summed E-state index contributed by atoms with van der Waals surface area (Å²) in [4.78, 5) is 24.4. The van der Waals surface area contributed by atoms with Gasteiger partial charge in [0.05, 0.1) is 12.0 Å². The van der Waals surface area contributed by atoms with Crippen molar-refractivity contribution >= 4 is 11.9 Å².